The number of carbonyl (C=O) groups excluding carboxylic acids is 1. The summed E-state index contributed by atoms with van der Waals surface area (Å²) < 4.78 is 7.07. The van der Waals surface area contributed by atoms with Crippen LogP contribution in [0.25, 0.3) is 0 Å². The summed E-state index contributed by atoms with van der Waals surface area (Å²) in [5, 5.41) is 9.72. The minimum atomic E-state index is -0.345. The summed E-state index contributed by atoms with van der Waals surface area (Å²) in [6.45, 7) is 2.16. The van der Waals surface area contributed by atoms with Crippen LogP contribution in [0.2, 0.25) is 0 Å². The molecule has 2 fully saturated rings. The number of ether oxygens (including phenoxy) is 1. The van der Waals surface area contributed by atoms with Gasteiger partial charge < -0.3 is 9.84 Å². The van der Waals surface area contributed by atoms with Crippen LogP contribution in [0.5, 0.6) is 0 Å². The van der Waals surface area contributed by atoms with E-state index in [2.05, 4.69) is 4.90 Å². The van der Waals surface area contributed by atoms with Crippen molar-refractivity contribution in [1.29, 1.82) is 0 Å². The molecule has 3 atom stereocenters. The number of piperidine rings is 2. The van der Waals surface area contributed by atoms with Crippen molar-refractivity contribution in [3.05, 3.63) is 24.5 Å². The fraction of sp³-hybridized carbons (Fsp3) is 0.667. The largest absolute Gasteiger partial charge is 0.445 e. The SMILES string of the molecule is O=C(O[C@H]1CCN2CCCC[C@@H]2[C@H]1CO)n1cccc1. The molecule has 1 aromatic rings. The lowest BCUT2D eigenvalue weighted by Crippen LogP contribution is -2.55. The maximum absolute atomic E-state index is 12.0. The summed E-state index contributed by atoms with van der Waals surface area (Å²) in [5.41, 5.74) is 0. The van der Waals surface area contributed by atoms with E-state index in [1.54, 1.807) is 24.5 Å². The Hall–Kier alpha value is -1.33. The highest BCUT2D eigenvalue weighted by Gasteiger charge is 2.40. The number of nitrogens with zero attached hydrogens (tertiary/aromatic N) is 2. The minimum Gasteiger partial charge on any atom is -0.445 e. The predicted molar refractivity (Wildman–Crippen MR) is 74.5 cm³/mol. The maximum atomic E-state index is 12.0. The first-order chi connectivity index (χ1) is 9.79. The molecule has 1 aromatic heterocycles. The Labute approximate surface area is 119 Å². The summed E-state index contributed by atoms with van der Waals surface area (Å²) in [6.07, 6.45) is 7.21. The molecule has 3 rings (SSSR count). The summed E-state index contributed by atoms with van der Waals surface area (Å²) >= 11 is 0. The Morgan fingerprint density at radius 3 is 2.75 bits per heavy atom. The fourth-order valence-corrected chi connectivity index (χ4v) is 3.57. The molecule has 110 valence electrons. The van der Waals surface area contributed by atoms with Crippen LogP contribution in [0.3, 0.4) is 0 Å². The van der Waals surface area contributed by atoms with Crippen molar-refractivity contribution in [3.8, 4) is 0 Å². The molecular formula is C15H22N2O3. The summed E-state index contributed by atoms with van der Waals surface area (Å²) in [6, 6.07) is 3.97. The normalized spacial score (nSPS) is 30.8. The molecule has 0 saturated carbocycles. The molecule has 5 nitrogen and oxygen atoms in total. The lowest BCUT2D eigenvalue weighted by atomic mass is 9.82. The van der Waals surface area contributed by atoms with E-state index in [0.29, 0.717) is 6.04 Å². The first kappa shape index (κ1) is 13.6. The van der Waals surface area contributed by atoms with Crippen LogP contribution in [-0.4, -0.2) is 52.5 Å². The number of aliphatic hydroxyl groups is 1. The van der Waals surface area contributed by atoms with E-state index in [1.807, 2.05) is 0 Å². The number of aliphatic hydroxyl groups excluding tert-OH is 1. The molecular weight excluding hydrogens is 256 g/mol. The zero-order chi connectivity index (χ0) is 13.9. The average Bonchev–Trinajstić information content (AvgIpc) is 3.01. The van der Waals surface area contributed by atoms with Gasteiger partial charge in [0.1, 0.15) is 6.10 Å². The standard InChI is InChI=1S/C15H22N2O3/c18-11-12-13-5-1-2-7-16(13)10-6-14(12)20-15(19)17-8-3-4-9-17/h3-4,8-9,12-14,18H,1-2,5-7,10-11H2/t12-,13-,14+/m1/s1. The zero-order valence-electron chi connectivity index (χ0n) is 11.6. The Morgan fingerprint density at radius 1 is 1.20 bits per heavy atom. The first-order valence-electron chi connectivity index (χ1n) is 7.48. The third-order valence-electron chi connectivity index (χ3n) is 4.62. The second-order valence-corrected chi connectivity index (χ2v) is 5.75. The van der Waals surface area contributed by atoms with E-state index in [4.69, 9.17) is 4.74 Å². The van der Waals surface area contributed by atoms with Gasteiger partial charge in [-0.3, -0.25) is 9.47 Å². The molecule has 3 heterocycles. The third-order valence-corrected chi connectivity index (χ3v) is 4.62. The molecule has 20 heavy (non-hydrogen) atoms. The van der Waals surface area contributed by atoms with E-state index in [9.17, 15) is 9.90 Å². The zero-order valence-corrected chi connectivity index (χ0v) is 11.6. The van der Waals surface area contributed by atoms with E-state index in [1.165, 1.54) is 17.4 Å². The Bertz CT molecular complexity index is 446. The van der Waals surface area contributed by atoms with Crippen LogP contribution in [0.15, 0.2) is 24.5 Å². The quantitative estimate of drug-likeness (QED) is 0.895. The van der Waals surface area contributed by atoms with E-state index < -0.39 is 0 Å². The molecule has 0 bridgehead atoms. The van der Waals surface area contributed by atoms with Gasteiger partial charge in [-0.2, -0.15) is 0 Å². The highest BCUT2D eigenvalue weighted by molar-refractivity contribution is 5.70. The molecule has 0 spiro atoms. The van der Waals surface area contributed by atoms with Gasteiger partial charge in [0.15, 0.2) is 0 Å². The van der Waals surface area contributed by atoms with Gasteiger partial charge in [0, 0.05) is 30.9 Å². The van der Waals surface area contributed by atoms with Crippen molar-refractivity contribution in [3.63, 3.8) is 0 Å². The number of rotatable bonds is 2. The van der Waals surface area contributed by atoms with Crippen molar-refractivity contribution < 1.29 is 14.6 Å². The summed E-state index contributed by atoms with van der Waals surface area (Å²) in [4.78, 5) is 14.5. The molecule has 0 aromatic carbocycles. The van der Waals surface area contributed by atoms with Gasteiger partial charge >= 0.3 is 6.09 Å². The van der Waals surface area contributed by atoms with Gasteiger partial charge in [-0.15, -0.1) is 0 Å². The van der Waals surface area contributed by atoms with E-state index >= 15 is 0 Å². The fourth-order valence-electron chi connectivity index (χ4n) is 3.57. The van der Waals surface area contributed by atoms with E-state index in [0.717, 1.165) is 25.9 Å². The van der Waals surface area contributed by atoms with Crippen LogP contribution < -0.4 is 0 Å². The molecule has 2 saturated heterocycles. The van der Waals surface area contributed by atoms with Crippen LogP contribution in [0, 0.1) is 5.92 Å². The Kier molecular flexibility index (Phi) is 4.08. The molecule has 1 N–H and O–H groups in total. The minimum absolute atomic E-state index is 0.0450. The van der Waals surface area contributed by atoms with Gasteiger partial charge in [-0.05, 0) is 37.9 Å². The van der Waals surface area contributed by atoms with Crippen LogP contribution in [-0.2, 0) is 4.74 Å². The number of hydrogen-bond acceptors (Lipinski definition) is 4. The van der Waals surface area contributed by atoms with Crippen LogP contribution >= 0.6 is 0 Å². The van der Waals surface area contributed by atoms with E-state index in [-0.39, 0.29) is 24.7 Å². The van der Waals surface area contributed by atoms with Crippen molar-refractivity contribution >= 4 is 6.09 Å². The van der Waals surface area contributed by atoms with Crippen molar-refractivity contribution in [2.75, 3.05) is 19.7 Å². The molecule has 0 unspecified atom stereocenters. The smallest absolute Gasteiger partial charge is 0.418 e. The number of hydrogen-bond donors (Lipinski definition) is 1. The maximum Gasteiger partial charge on any atom is 0.418 e. The Morgan fingerprint density at radius 2 is 2.00 bits per heavy atom. The molecule has 2 aliphatic rings. The highest BCUT2D eigenvalue weighted by atomic mass is 16.6. The van der Waals surface area contributed by atoms with Gasteiger partial charge in [-0.25, -0.2) is 4.79 Å². The van der Waals surface area contributed by atoms with Gasteiger partial charge in [0.2, 0.25) is 0 Å². The monoisotopic (exact) mass is 278 g/mol. The molecule has 0 radical (unpaired) electrons. The number of fused-ring (bicyclic) bond motifs is 1. The van der Waals surface area contributed by atoms with Gasteiger partial charge in [0.05, 0.1) is 6.61 Å². The van der Waals surface area contributed by atoms with Crippen molar-refractivity contribution in [1.82, 2.24) is 9.47 Å². The summed E-state index contributed by atoms with van der Waals surface area (Å²) in [7, 11) is 0. The molecule has 2 aliphatic heterocycles. The lowest BCUT2D eigenvalue weighted by Gasteiger charge is -2.46. The van der Waals surface area contributed by atoms with Crippen LogP contribution in [0.4, 0.5) is 4.79 Å². The molecule has 0 amide bonds. The molecule has 0 aliphatic carbocycles. The third kappa shape index (κ3) is 2.60. The lowest BCUT2D eigenvalue weighted by molar-refractivity contribution is -0.0578. The predicted octanol–water partition coefficient (Wildman–Crippen LogP) is 1.71. The number of aromatic nitrogens is 1. The van der Waals surface area contributed by atoms with Crippen LogP contribution in [0.1, 0.15) is 25.7 Å². The second kappa shape index (κ2) is 5.97. The number of carbonyl (C=O) groups is 1. The van der Waals surface area contributed by atoms with Crippen molar-refractivity contribution in [2.24, 2.45) is 5.92 Å². The highest BCUT2D eigenvalue weighted by Crippen LogP contribution is 2.32. The van der Waals surface area contributed by atoms with Gasteiger partial charge in [-0.1, -0.05) is 6.42 Å². The summed E-state index contributed by atoms with van der Waals surface area (Å²) in [5.74, 6) is 0.0450. The Balaban J connectivity index is 1.68. The first-order valence-corrected chi connectivity index (χ1v) is 7.48. The molecule has 5 heteroatoms. The average molecular weight is 278 g/mol. The topological polar surface area (TPSA) is 54.7 Å². The van der Waals surface area contributed by atoms with Crippen molar-refractivity contribution in [2.45, 2.75) is 37.8 Å². The second-order valence-electron chi connectivity index (χ2n) is 5.75. The van der Waals surface area contributed by atoms with Gasteiger partial charge in [0.25, 0.3) is 0 Å².